The van der Waals surface area contributed by atoms with Crippen LogP contribution in [0.2, 0.25) is 0 Å². The van der Waals surface area contributed by atoms with Gasteiger partial charge in [0, 0.05) is 37.1 Å². The van der Waals surface area contributed by atoms with E-state index in [4.69, 9.17) is 0 Å². The molecule has 1 amide bonds. The minimum absolute atomic E-state index is 0.0311. The van der Waals surface area contributed by atoms with Crippen LogP contribution in [0.5, 0.6) is 0 Å². The van der Waals surface area contributed by atoms with Crippen molar-refractivity contribution in [1.29, 1.82) is 0 Å². The number of aryl methyl sites for hydroxylation is 2. The third-order valence-corrected chi connectivity index (χ3v) is 4.18. The number of carbonyl (C=O) groups excluding carboxylic acids is 1. The lowest BCUT2D eigenvalue weighted by Gasteiger charge is -2.12. The number of aromatic nitrogens is 3. The molecule has 0 unspecified atom stereocenters. The molecule has 126 valence electrons. The van der Waals surface area contributed by atoms with Crippen molar-refractivity contribution >= 4 is 5.91 Å². The van der Waals surface area contributed by atoms with Gasteiger partial charge < -0.3 is 10.6 Å². The summed E-state index contributed by atoms with van der Waals surface area (Å²) in [6.07, 6.45) is 6.81. The Bertz CT molecular complexity index is 683. The largest absolute Gasteiger partial charge is 0.352 e. The minimum atomic E-state index is 0.0311. The number of rotatable bonds is 6. The van der Waals surface area contributed by atoms with Crippen molar-refractivity contribution in [2.24, 2.45) is 0 Å². The lowest BCUT2D eigenvalue weighted by molar-refractivity contribution is -0.121. The molecule has 3 rings (SSSR count). The summed E-state index contributed by atoms with van der Waals surface area (Å²) in [5.74, 6) is 0.803. The van der Waals surface area contributed by atoms with E-state index in [1.807, 2.05) is 25.1 Å². The fourth-order valence-corrected chi connectivity index (χ4v) is 2.93. The summed E-state index contributed by atoms with van der Waals surface area (Å²) in [5.41, 5.74) is 3.03. The molecule has 1 fully saturated rings. The molecular weight excluding hydrogens is 302 g/mol. The smallest absolute Gasteiger partial charge is 0.220 e. The first-order chi connectivity index (χ1) is 11.7. The predicted molar refractivity (Wildman–Crippen MR) is 91.2 cm³/mol. The first-order valence-electron chi connectivity index (χ1n) is 8.44. The molecule has 2 N–H and O–H groups in total. The normalized spacial score (nSPS) is 17.0. The van der Waals surface area contributed by atoms with Crippen molar-refractivity contribution in [1.82, 2.24) is 25.6 Å². The molecule has 24 heavy (non-hydrogen) atoms. The number of hydrogen-bond donors (Lipinski definition) is 2. The molecule has 1 aliphatic heterocycles. The van der Waals surface area contributed by atoms with Crippen LogP contribution in [-0.4, -0.2) is 27.4 Å². The van der Waals surface area contributed by atoms with E-state index >= 15 is 0 Å². The van der Waals surface area contributed by atoms with Gasteiger partial charge in [-0.05, 0) is 56.5 Å². The second-order valence-corrected chi connectivity index (χ2v) is 6.11. The summed E-state index contributed by atoms with van der Waals surface area (Å²) < 4.78 is 0. The van der Waals surface area contributed by atoms with Crippen LogP contribution in [0.4, 0.5) is 0 Å². The Morgan fingerprint density at radius 3 is 2.92 bits per heavy atom. The van der Waals surface area contributed by atoms with Crippen LogP contribution in [-0.2, 0) is 17.8 Å². The van der Waals surface area contributed by atoms with Crippen LogP contribution < -0.4 is 10.6 Å². The maximum absolute atomic E-state index is 12.0. The van der Waals surface area contributed by atoms with Gasteiger partial charge in [0.15, 0.2) is 0 Å². The molecule has 2 aromatic rings. The molecule has 0 bridgehead atoms. The minimum Gasteiger partial charge on any atom is -0.352 e. The molecule has 0 saturated carbocycles. The summed E-state index contributed by atoms with van der Waals surface area (Å²) >= 11 is 0. The van der Waals surface area contributed by atoms with Gasteiger partial charge in [0.05, 0.1) is 5.69 Å². The highest BCUT2D eigenvalue weighted by atomic mass is 16.1. The predicted octanol–water partition coefficient (Wildman–Crippen LogP) is 1.85. The Kier molecular flexibility index (Phi) is 5.48. The standard InChI is InChI=1S/C18H23N5O/c1-13-22-15(11-17(23-13)16-3-2-8-20-16)4-5-18(24)21-12-14-6-9-19-10-7-14/h6-7,9-11,16,20H,2-5,8,12H2,1H3,(H,21,24)/t16-/m0/s1. The second kappa shape index (κ2) is 7.97. The third kappa shape index (κ3) is 4.58. The fourth-order valence-electron chi connectivity index (χ4n) is 2.93. The number of hydrogen-bond acceptors (Lipinski definition) is 5. The van der Waals surface area contributed by atoms with Crippen LogP contribution in [0.15, 0.2) is 30.6 Å². The Labute approximate surface area is 142 Å². The summed E-state index contributed by atoms with van der Waals surface area (Å²) in [6, 6.07) is 6.15. The summed E-state index contributed by atoms with van der Waals surface area (Å²) in [5, 5.41) is 6.39. The molecule has 2 aromatic heterocycles. The molecule has 0 aliphatic carbocycles. The highest BCUT2D eigenvalue weighted by Gasteiger charge is 2.18. The van der Waals surface area contributed by atoms with E-state index in [-0.39, 0.29) is 5.91 Å². The Hall–Kier alpha value is -2.34. The molecule has 1 atom stereocenters. The molecule has 0 spiro atoms. The van der Waals surface area contributed by atoms with E-state index in [1.165, 1.54) is 6.42 Å². The van der Waals surface area contributed by atoms with Crippen LogP contribution in [0.3, 0.4) is 0 Å². The molecule has 6 nitrogen and oxygen atoms in total. The summed E-state index contributed by atoms with van der Waals surface area (Å²) in [6.45, 7) is 3.48. The lowest BCUT2D eigenvalue weighted by Crippen LogP contribution is -2.23. The van der Waals surface area contributed by atoms with E-state index in [0.717, 1.165) is 35.7 Å². The van der Waals surface area contributed by atoms with Crippen molar-refractivity contribution < 1.29 is 4.79 Å². The van der Waals surface area contributed by atoms with Crippen molar-refractivity contribution in [3.63, 3.8) is 0 Å². The Morgan fingerprint density at radius 1 is 1.33 bits per heavy atom. The first-order valence-corrected chi connectivity index (χ1v) is 8.44. The zero-order valence-corrected chi connectivity index (χ0v) is 14.0. The molecule has 6 heteroatoms. The molecule has 3 heterocycles. The molecule has 1 saturated heterocycles. The van der Waals surface area contributed by atoms with Crippen LogP contribution in [0, 0.1) is 6.92 Å². The van der Waals surface area contributed by atoms with E-state index in [0.29, 0.717) is 25.4 Å². The van der Waals surface area contributed by atoms with Crippen LogP contribution in [0.1, 0.15) is 48.1 Å². The van der Waals surface area contributed by atoms with Gasteiger partial charge in [-0.2, -0.15) is 0 Å². The highest BCUT2D eigenvalue weighted by Crippen LogP contribution is 2.22. The van der Waals surface area contributed by atoms with Gasteiger partial charge in [-0.1, -0.05) is 0 Å². The van der Waals surface area contributed by atoms with Gasteiger partial charge in [0.2, 0.25) is 5.91 Å². The number of nitrogens with one attached hydrogen (secondary N) is 2. The van der Waals surface area contributed by atoms with Crippen LogP contribution in [0.25, 0.3) is 0 Å². The van der Waals surface area contributed by atoms with Crippen molar-refractivity contribution in [2.45, 2.75) is 45.2 Å². The molecule has 1 aliphatic rings. The Balaban J connectivity index is 1.53. The first kappa shape index (κ1) is 16.5. The number of carbonyl (C=O) groups is 1. The number of nitrogens with zero attached hydrogens (tertiary/aromatic N) is 3. The van der Waals surface area contributed by atoms with E-state index in [1.54, 1.807) is 12.4 Å². The average molecular weight is 325 g/mol. The zero-order chi connectivity index (χ0) is 16.8. The fraction of sp³-hybridized carbons (Fsp3) is 0.444. The van der Waals surface area contributed by atoms with E-state index in [9.17, 15) is 4.79 Å². The van der Waals surface area contributed by atoms with Crippen molar-refractivity contribution in [3.8, 4) is 0 Å². The maximum Gasteiger partial charge on any atom is 0.220 e. The van der Waals surface area contributed by atoms with E-state index < -0.39 is 0 Å². The van der Waals surface area contributed by atoms with E-state index in [2.05, 4.69) is 25.6 Å². The molecule has 0 aromatic carbocycles. The summed E-state index contributed by atoms with van der Waals surface area (Å²) in [4.78, 5) is 25.0. The lowest BCUT2D eigenvalue weighted by atomic mass is 10.1. The van der Waals surface area contributed by atoms with Gasteiger partial charge in [-0.15, -0.1) is 0 Å². The van der Waals surface area contributed by atoms with Gasteiger partial charge >= 0.3 is 0 Å². The maximum atomic E-state index is 12.0. The molecular formula is C18H23N5O. The topological polar surface area (TPSA) is 79.8 Å². The average Bonchev–Trinajstić information content (AvgIpc) is 3.13. The van der Waals surface area contributed by atoms with Crippen molar-refractivity contribution in [3.05, 3.63) is 53.4 Å². The van der Waals surface area contributed by atoms with Gasteiger partial charge in [-0.3, -0.25) is 9.78 Å². The van der Waals surface area contributed by atoms with Gasteiger partial charge in [0.1, 0.15) is 5.82 Å². The highest BCUT2D eigenvalue weighted by molar-refractivity contribution is 5.76. The summed E-state index contributed by atoms with van der Waals surface area (Å²) in [7, 11) is 0. The number of pyridine rings is 1. The SMILES string of the molecule is Cc1nc(CCC(=O)NCc2ccncc2)cc([C@@H]2CCCN2)n1. The molecule has 0 radical (unpaired) electrons. The second-order valence-electron chi connectivity index (χ2n) is 6.11. The third-order valence-electron chi connectivity index (χ3n) is 4.18. The van der Waals surface area contributed by atoms with Crippen molar-refractivity contribution in [2.75, 3.05) is 6.54 Å². The zero-order valence-electron chi connectivity index (χ0n) is 14.0. The van der Waals surface area contributed by atoms with Gasteiger partial charge in [-0.25, -0.2) is 9.97 Å². The monoisotopic (exact) mass is 325 g/mol. The van der Waals surface area contributed by atoms with Gasteiger partial charge in [0.25, 0.3) is 0 Å². The van der Waals surface area contributed by atoms with Crippen LogP contribution >= 0.6 is 0 Å². The Morgan fingerprint density at radius 2 is 2.17 bits per heavy atom. The quantitative estimate of drug-likeness (QED) is 0.847. The number of amides is 1.